The van der Waals surface area contributed by atoms with E-state index in [2.05, 4.69) is 0 Å². The monoisotopic (exact) mass is 516 g/mol. The van der Waals surface area contributed by atoms with E-state index in [1.807, 2.05) is 50.2 Å². The minimum absolute atomic E-state index is 0.0152. The molecule has 1 aliphatic heterocycles. The lowest BCUT2D eigenvalue weighted by molar-refractivity contribution is -0.137. The Labute approximate surface area is 217 Å². The summed E-state index contributed by atoms with van der Waals surface area (Å²) in [5, 5.41) is 9.51. The molecule has 1 aliphatic rings. The van der Waals surface area contributed by atoms with Crippen LogP contribution in [0.25, 0.3) is 22.4 Å². The molecular formula is C30H23F3N2O3. The molecule has 0 radical (unpaired) electrons. The van der Waals surface area contributed by atoms with Crippen LogP contribution in [0.2, 0.25) is 0 Å². The fourth-order valence-electron chi connectivity index (χ4n) is 4.65. The lowest BCUT2D eigenvalue weighted by Crippen LogP contribution is -2.29. The quantitative estimate of drug-likeness (QED) is 0.310. The van der Waals surface area contributed by atoms with E-state index in [9.17, 15) is 23.2 Å². The van der Waals surface area contributed by atoms with Crippen LogP contribution in [0.15, 0.2) is 71.5 Å². The molecule has 192 valence electrons. The second-order valence-corrected chi connectivity index (χ2v) is 9.19. The summed E-state index contributed by atoms with van der Waals surface area (Å²) in [6, 6.07) is 20.4. The van der Waals surface area contributed by atoms with Gasteiger partial charge in [-0.15, -0.1) is 0 Å². The minimum Gasteiger partial charge on any atom is -0.486 e. The average Bonchev–Trinajstić information content (AvgIpc) is 2.90. The Hall–Kier alpha value is -4.51. The van der Waals surface area contributed by atoms with Gasteiger partial charge in [-0.1, -0.05) is 48.0 Å². The number of rotatable bonds is 4. The Kier molecular flexibility index (Phi) is 6.45. The fourth-order valence-corrected chi connectivity index (χ4v) is 4.65. The van der Waals surface area contributed by atoms with Crippen molar-refractivity contribution in [3.63, 3.8) is 0 Å². The minimum atomic E-state index is -4.87. The van der Waals surface area contributed by atoms with Crippen LogP contribution >= 0.6 is 0 Å². The topological polar surface area (TPSA) is 64.2 Å². The van der Waals surface area contributed by atoms with Crippen LogP contribution in [0.5, 0.6) is 11.5 Å². The van der Waals surface area contributed by atoms with Crippen molar-refractivity contribution < 1.29 is 22.6 Å². The summed E-state index contributed by atoms with van der Waals surface area (Å²) < 4.78 is 54.4. The summed E-state index contributed by atoms with van der Waals surface area (Å²) in [7, 11) is 0. The zero-order chi connectivity index (χ0) is 27.0. The van der Waals surface area contributed by atoms with E-state index in [4.69, 9.17) is 9.47 Å². The van der Waals surface area contributed by atoms with Crippen LogP contribution < -0.4 is 15.0 Å². The van der Waals surface area contributed by atoms with Gasteiger partial charge in [0.1, 0.15) is 24.8 Å². The van der Waals surface area contributed by atoms with Crippen LogP contribution in [0.3, 0.4) is 0 Å². The molecule has 0 saturated heterocycles. The predicted molar refractivity (Wildman–Crippen MR) is 137 cm³/mol. The molecule has 3 aromatic carbocycles. The maximum Gasteiger partial charge on any atom is 0.417 e. The third kappa shape index (κ3) is 4.75. The Morgan fingerprint density at radius 2 is 1.61 bits per heavy atom. The number of nitrogens with zero attached hydrogens (tertiary/aromatic N) is 2. The van der Waals surface area contributed by atoms with Crippen molar-refractivity contribution in [1.82, 2.24) is 4.57 Å². The van der Waals surface area contributed by atoms with Gasteiger partial charge in [-0.2, -0.15) is 18.4 Å². The molecule has 0 aliphatic carbocycles. The molecule has 38 heavy (non-hydrogen) atoms. The number of benzene rings is 3. The first-order valence-electron chi connectivity index (χ1n) is 12.0. The lowest BCUT2D eigenvalue weighted by Gasteiger charge is -2.20. The molecule has 0 bridgehead atoms. The van der Waals surface area contributed by atoms with Crippen LogP contribution in [0, 0.1) is 25.2 Å². The molecule has 1 aromatic heterocycles. The molecule has 2 heterocycles. The fraction of sp³-hybridized carbons (Fsp3) is 0.200. The number of hydrogen-bond donors (Lipinski definition) is 0. The van der Waals surface area contributed by atoms with Crippen molar-refractivity contribution in [2.45, 2.75) is 26.6 Å². The SMILES string of the molecule is Cc1ccc(Cn2c(-c3cccc(-c4ccc5c(c4)OCCO5)c3)cc(C(F)(F)F)c(C#N)c2=O)c(C)c1. The van der Waals surface area contributed by atoms with Gasteiger partial charge in [0, 0.05) is 0 Å². The normalized spacial score (nSPS) is 12.7. The van der Waals surface area contributed by atoms with Crippen LogP contribution in [0.4, 0.5) is 13.2 Å². The number of pyridine rings is 1. The maximum absolute atomic E-state index is 14.0. The van der Waals surface area contributed by atoms with Gasteiger partial charge in [-0.25, -0.2) is 0 Å². The number of alkyl halides is 3. The molecule has 0 saturated carbocycles. The zero-order valence-corrected chi connectivity index (χ0v) is 20.7. The van der Waals surface area contributed by atoms with Crippen molar-refractivity contribution in [2.24, 2.45) is 0 Å². The molecule has 5 nitrogen and oxygen atoms in total. The van der Waals surface area contributed by atoms with Crippen LogP contribution in [-0.2, 0) is 12.7 Å². The Bertz CT molecular complexity index is 1650. The largest absolute Gasteiger partial charge is 0.486 e. The number of aryl methyl sites for hydroxylation is 2. The number of nitriles is 1. The molecule has 0 spiro atoms. The third-order valence-electron chi connectivity index (χ3n) is 6.58. The Balaban J connectivity index is 1.69. The van der Waals surface area contributed by atoms with Gasteiger partial charge in [0.25, 0.3) is 5.56 Å². The van der Waals surface area contributed by atoms with Gasteiger partial charge in [0.05, 0.1) is 17.8 Å². The standard InChI is InChI=1S/C30H23F3N2O3/c1-18-6-7-23(19(2)12-18)17-35-26(15-25(30(31,32)33)24(16-34)29(35)36)22-5-3-4-20(13-22)21-8-9-27-28(14-21)38-11-10-37-27/h3-9,12-15H,10-11,17H2,1-2H3. The Morgan fingerprint density at radius 1 is 0.895 bits per heavy atom. The third-order valence-corrected chi connectivity index (χ3v) is 6.58. The molecule has 8 heteroatoms. The summed E-state index contributed by atoms with van der Waals surface area (Å²) in [6.45, 7) is 4.71. The number of aromatic nitrogens is 1. The average molecular weight is 517 g/mol. The molecule has 0 fully saturated rings. The van der Waals surface area contributed by atoms with Crippen molar-refractivity contribution in [3.8, 4) is 40.0 Å². The zero-order valence-electron chi connectivity index (χ0n) is 20.7. The molecule has 0 unspecified atom stereocenters. The van der Waals surface area contributed by atoms with Gasteiger partial charge >= 0.3 is 6.18 Å². The highest BCUT2D eigenvalue weighted by molar-refractivity contribution is 5.74. The summed E-state index contributed by atoms with van der Waals surface area (Å²) in [4.78, 5) is 13.4. The summed E-state index contributed by atoms with van der Waals surface area (Å²) in [5.74, 6) is 1.21. The molecule has 5 rings (SSSR count). The second-order valence-electron chi connectivity index (χ2n) is 9.19. The van der Waals surface area contributed by atoms with E-state index in [-0.39, 0.29) is 12.2 Å². The van der Waals surface area contributed by atoms with Gasteiger partial charge in [-0.05, 0) is 65.9 Å². The number of halogens is 3. The van der Waals surface area contributed by atoms with Crippen LogP contribution in [-0.4, -0.2) is 17.8 Å². The van der Waals surface area contributed by atoms with E-state index in [1.165, 1.54) is 10.6 Å². The van der Waals surface area contributed by atoms with E-state index in [1.54, 1.807) is 24.3 Å². The Morgan fingerprint density at radius 3 is 2.32 bits per heavy atom. The van der Waals surface area contributed by atoms with Gasteiger partial charge in [0.15, 0.2) is 11.5 Å². The van der Waals surface area contributed by atoms with Gasteiger partial charge < -0.3 is 14.0 Å². The van der Waals surface area contributed by atoms with Crippen molar-refractivity contribution in [3.05, 3.63) is 105 Å². The molecule has 4 aromatic rings. The molecule has 0 N–H and O–H groups in total. The smallest absolute Gasteiger partial charge is 0.417 e. The van der Waals surface area contributed by atoms with Gasteiger partial charge in [0.2, 0.25) is 0 Å². The molecular weight excluding hydrogens is 493 g/mol. The van der Waals surface area contributed by atoms with Crippen LogP contribution in [0.1, 0.15) is 27.8 Å². The van der Waals surface area contributed by atoms with Crippen molar-refractivity contribution >= 4 is 0 Å². The lowest BCUT2D eigenvalue weighted by atomic mass is 9.98. The number of fused-ring (bicyclic) bond motifs is 1. The first-order chi connectivity index (χ1) is 18.2. The number of hydrogen-bond acceptors (Lipinski definition) is 4. The second kappa shape index (κ2) is 9.75. The van der Waals surface area contributed by atoms with Crippen molar-refractivity contribution in [1.29, 1.82) is 5.26 Å². The first kappa shape index (κ1) is 25.2. The highest BCUT2D eigenvalue weighted by Gasteiger charge is 2.36. The van der Waals surface area contributed by atoms with E-state index in [0.717, 1.165) is 33.9 Å². The predicted octanol–water partition coefficient (Wildman–Crippen LogP) is 6.51. The van der Waals surface area contributed by atoms with E-state index in [0.29, 0.717) is 30.3 Å². The maximum atomic E-state index is 14.0. The highest BCUT2D eigenvalue weighted by atomic mass is 19.4. The summed E-state index contributed by atoms with van der Waals surface area (Å²) in [6.07, 6.45) is -4.87. The van der Waals surface area contributed by atoms with Crippen molar-refractivity contribution in [2.75, 3.05) is 13.2 Å². The first-order valence-corrected chi connectivity index (χ1v) is 12.0. The number of ether oxygens (including phenoxy) is 2. The van der Waals surface area contributed by atoms with E-state index < -0.39 is 22.9 Å². The van der Waals surface area contributed by atoms with E-state index >= 15 is 0 Å². The molecule has 0 atom stereocenters. The van der Waals surface area contributed by atoms with Gasteiger partial charge in [-0.3, -0.25) is 4.79 Å². The highest BCUT2D eigenvalue weighted by Crippen LogP contribution is 2.37. The summed E-state index contributed by atoms with van der Waals surface area (Å²) >= 11 is 0. The summed E-state index contributed by atoms with van der Waals surface area (Å²) in [5.41, 5.74) is 1.52. The molecule has 0 amide bonds.